The predicted octanol–water partition coefficient (Wildman–Crippen LogP) is 2.42. The highest BCUT2D eigenvalue weighted by Gasteiger charge is 2.50. The Bertz CT molecular complexity index is 988. The summed E-state index contributed by atoms with van der Waals surface area (Å²) in [7, 11) is -3.99. The monoisotopic (exact) mass is 400 g/mol. The number of hydrogen-bond donors (Lipinski definition) is 1. The fourth-order valence-corrected chi connectivity index (χ4v) is 4.69. The van der Waals surface area contributed by atoms with Gasteiger partial charge in [0.1, 0.15) is 5.54 Å². The molecule has 7 heteroatoms. The highest BCUT2D eigenvalue weighted by Crippen LogP contribution is 2.32. The van der Waals surface area contributed by atoms with Crippen molar-refractivity contribution in [2.45, 2.75) is 43.5 Å². The van der Waals surface area contributed by atoms with Crippen molar-refractivity contribution in [3.8, 4) is 0 Å². The summed E-state index contributed by atoms with van der Waals surface area (Å²) in [5.41, 5.74) is 0.450. The standard InChI is InChI=1S/C21H24N2O4S/c1-16-8-6-7-11-18(16)28(26,27)22-20(25)21(2)14-15-23(21)19(24)13-12-17-9-4-3-5-10-17/h3-11H,12-15H2,1-2H3,(H,22,25). The lowest BCUT2D eigenvalue weighted by Crippen LogP contribution is -2.67. The van der Waals surface area contributed by atoms with Crippen LogP contribution in [0.1, 0.15) is 30.9 Å². The van der Waals surface area contributed by atoms with Crippen LogP contribution in [0.3, 0.4) is 0 Å². The first kappa shape index (κ1) is 20.1. The number of nitrogens with zero attached hydrogens (tertiary/aromatic N) is 1. The maximum Gasteiger partial charge on any atom is 0.264 e. The fourth-order valence-electron chi connectivity index (χ4n) is 3.37. The Hall–Kier alpha value is -2.67. The Morgan fingerprint density at radius 2 is 1.71 bits per heavy atom. The van der Waals surface area contributed by atoms with Crippen LogP contribution in [-0.2, 0) is 26.0 Å². The van der Waals surface area contributed by atoms with Gasteiger partial charge in [-0.05, 0) is 43.9 Å². The summed E-state index contributed by atoms with van der Waals surface area (Å²) in [4.78, 5) is 26.9. The largest absolute Gasteiger partial charge is 0.328 e. The third-order valence-electron chi connectivity index (χ3n) is 5.29. The van der Waals surface area contributed by atoms with Crippen molar-refractivity contribution < 1.29 is 18.0 Å². The van der Waals surface area contributed by atoms with Gasteiger partial charge >= 0.3 is 0 Å². The number of aryl methyl sites for hydroxylation is 2. The molecule has 0 saturated carbocycles. The maximum absolute atomic E-state index is 12.8. The van der Waals surface area contributed by atoms with Crippen LogP contribution >= 0.6 is 0 Å². The average molecular weight is 401 g/mol. The summed E-state index contributed by atoms with van der Waals surface area (Å²) in [6, 6.07) is 16.1. The van der Waals surface area contributed by atoms with Gasteiger partial charge in [0, 0.05) is 13.0 Å². The molecule has 0 aromatic heterocycles. The van der Waals surface area contributed by atoms with E-state index in [1.165, 1.54) is 11.0 Å². The molecule has 0 spiro atoms. The van der Waals surface area contributed by atoms with Crippen molar-refractivity contribution in [1.29, 1.82) is 0 Å². The van der Waals surface area contributed by atoms with Gasteiger partial charge in [0.05, 0.1) is 4.90 Å². The van der Waals surface area contributed by atoms with Crippen molar-refractivity contribution in [1.82, 2.24) is 9.62 Å². The van der Waals surface area contributed by atoms with Gasteiger partial charge < -0.3 is 4.90 Å². The topological polar surface area (TPSA) is 83.6 Å². The van der Waals surface area contributed by atoms with Crippen LogP contribution in [0.5, 0.6) is 0 Å². The molecular weight excluding hydrogens is 376 g/mol. The van der Waals surface area contributed by atoms with E-state index in [1.54, 1.807) is 32.0 Å². The van der Waals surface area contributed by atoms with E-state index < -0.39 is 21.5 Å². The molecule has 1 atom stereocenters. The fraction of sp³-hybridized carbons (Fsp3) is 0.333. The van der Waals surface area contributed by atoms with E-state index in [0.717, 1.165) is 5.56 Å². The summed E-state index contributed by atoms with van der Waals surface area (Å²) in [5, 5.41) is 0. The Morgan fingerprint density at radius 3 is 2.32 bits per heavy atom. The van der Waals surface area contributed by atoms with Gasteiger partial charge in [-0.15, -0.1) is 0 Å². The van der Waals surface area contributed by atoms with E-state index >= 15 is 0 Å². The molecule has 2 amide bonds. The van der Waals surface area contributed by atoms with Crippen molar-refractivity contribution in [3.63, 3.8) is 0 Å². The normalized spacial score (nSPS) is 19.0. The number of hydrogen-bond acceptors (Lipinski definition) is 4. The minimum atomic E-state index is -3.99. The second-order valence-corrected chi connectivity index (χ2v) is 8.91. The summed E-state index contributed by atoms with van der Waals surface area (Å²) in [5.74, 6) is -0.823. The molecule has 3 rings (SSSR count). The third kappa shape index (κ3) is 3.94. The van der Waals surface area contributed by atoms with Crippen LogP contribution in [0.4, 0.5) is 0 Å². The van der Waals surface area contributed by atoms with E-state index in [-0.39, 0.29) is 17.2 Å². The van der Waals surface area contributed by atoms with Crippen molar-refractivity contribution in [2.24, 2.45) is 0 Å². The quantitative estimate of drug-likeness (QED) is 0.807. The number of nitrogens with one attached hydrogen (secondary N) is 1. The number of sulfonamides is 1. The number of benzene rings is 2. The van der Waals surface area contributed by atoms with Crippen molar-refractivity contribution in [2.75, 3.05) is 6.54 Å². The molecule has 148 valence electrons. The van der Waals surface area contributed by atoms with Gasteiger partial charge in [-0.2, -0.15) is 0 Å². The second-order valence-electron chi connectivity index (χ2n) is 7.25. The lowest BCUT2D eigenvalue weighted by atomic mass is 9.85. The number of rotatable bonds is 6. The van der Waals surface area contributed by atoms with E-state index in [0.29, 0.717) is 24.9 Å². The summed E-state index contributed by atoms with van der Waals surface area (Å²) >= 11 is 0. The molecule has 1 heterocycles. The molecule has 1 fully saturated rings. The molecule has 1 aliphatic heterocycles. The number of amides is 2. The van der Waals surface area contributed by atoms with Crippen molar-refractivity contribution >= 4 is 21.8 Å². The molecule has 1 aliphatic rings. The van der Waals surface area contributed by atoms with Gasteiger partial charge in [0.25, 0.3) is 15.9 Å². The Kier molecular flexibility index (Phi) is 5.56. The maximum atomic E-state index is 12.8. The van der Waals surface area contributed by atoms with E-state index in [4.69, 9.17) is 0 Å². The van der Waals surface area contributed by atoms with Crippen LogP contribution < -0.4 is 4.72 Å². The lowest BCUT2D eigenvalue weighted by Gasteiger charge is -2.49. The average Bonchev–Trinajstić information content (AvgIpc) is 2.65. The summed E-state index contributed by atoms with van der Waals surface area (Å²) < 4.78 is 27.4. The first-order valence-electron chi connectivity index (χ1n) is 9.21. The van der Waals surface area contributed by atoms with Gasteiger partial charge in [-0.1, -0.05) is 48.5 Å². The van der Waals surface area contributed by atoms with Crippen molar-refractivity contribution in [3.05, 3.63) is 65.7 Å². The molecule has 0 aliphatic carbocycles. The van der Waals surface area contributed by atoms with Gasteiger partial charge in [-0.25, -0.2) is 13.1 Å². The molecule has 1 unspecified atom stereocenters. The van der Waals surface area contributed by atoms with Gasteiger partial charge in [0.2, 0.25) is 5.91 Å². The van der Waals surface area contributed by atoms with Crippen LogP contribution in [-0.4, -0.2) is 37.2 Å². The van der Waals surface area contributed by atoms with Crippen LogP contribution in [0.2, 0.25) is 0 Å². The number of carbonyl (C=O) groups excluding carboxylic acids is 2. The van der Waals surface area contributed by atoms with E-state index in [2.05, 4.69) is 4.72 Å². The first-order valence-corrected chi connectivity index (χ1v) is 10.7. The molecule has 2 aromatic carbocycles. The highest BCUT2D eigenvalue weighted by molar-refractivity contribution is 7.90. The molecular formula is C21H24N2O4S. The zero-order valence-electron chi connectivity index (χ0n) is 16.0. The Labute approximate surface area is 165 Å². The Balaban J connectivity index is 1.67. The molecule has 2 aromatic rings. The zero-order chi connectivity index (χ0) is 20.4. The Morgan fingerprint density at radius 1 is 1.07 bits per heavy atom. The minimum Gasteiger partial charge on any atom is -0.328 e. The summed E-state index contributed by atoms with van der Waals surface area (Å²) in [6.45, 7) is 3.73. The van der Waals surface area contributed by atoms with E-state index in [9.17, 15) is 18.0 Å². The van der Waals surface area contributed by atoms with Crippen LogP contribution in [0, 0.1) is 6.92 Å². The zero-order valence-corrected chi connectivity index (χ0v) is 16.8. The number of carbonyl (C=O) groups is 2. The highest BCUT2D eigenvalue weighted by atomic mass is 32.2. The lowest BCUT2D eigenvalue weighted by molar-refractivity contribution is -0.156. The minimum absolute atomic E-state index is 0.0632. The van der Waals surface area contributed by atoms with Crippen LogP contribution in [0.25, 0.3) is 0 Å². The molecule has 1 saturated heterocycles. The number of likely N-dealkylation sites (tertiary alicyclic amines) is 1. The van der Waals surface area contributed by atoms with Gasteiger partial charge in [-0.3, -0.25) is 9.59 Å². The predicted molar refractivity (Wildman–Crippen MR) is 106 cm³/mol. The third-order valence-corrected chi connectivity index (χ3v) is 6.78. The SMILES string of the molecule is Cc1ccccc1S(=O)(=O)NC(=O)C1(C)CCN1C(=O)CCc1ccccc1. The molecule has 28 heavy (non-hydrogen) atoms. The second kappa shape index (κ2) is 7.75. The molecule has 0 bridgehead atoms. The molecule has 6 nitrogen and oxygen atoms in total. The van der Waals surface area contributed by atoms with E-state index in [1.807, 2.05) is 30.3 Å². The van der Waals surface area contributed by atoms with Gasteiger partial charge in [0.15, 0.2) is 0 Å². The smallest absolute Gasteiger partial charge is 0.264 e. The first-order chi connectivity index (χ1) is 13.2. The van der Waals surface area contributed by atoms with Crippen LogP contribution in [0.15, 0.2) is 59.5 Å². The summed E-state index contributed by atoms with van der Waals surface area (Å²) in [6.07, 6.45) is 1.28. The molecule has 1 N–H and O–H groups in total. The molecule has 0 radical (unpaired) electrons.